The molecule has 0 bridgehead atoms. The fourth-order valence-electron chi connectivity index (χ4n) is 7.52. The van der Waals surface area contributed by atoms with E-state index in [0.29, 0.717) is 0 Å². The minimum absolute atomic E-state index is 1.10. The highest BCUT2D eigenvalue weighted by Crippen LogP contribution is 2.46. The van der Waals surface area contributed by atoms with E-state index in [4.69, 9.17) is 0 Å². The van der Waals surface area contributed by atoms with Gasteiger partial charge in [0.05, 0.1) is 11.4 Å². The Morgan fingerprint density at radius 1 is 0.235 bits per heavy atom. The second-order valence-corrected chi connectivity index (χ2v) is 12.9. The Balaban J connectivity index is 1.24. The molecular weight excluding hydrogens is 615 g/mol. The molecule has 0 saturated heterocycles. The van der Waals surface area contributed by atoms with Gasteiger partial charge in [-0.25, -0.2) is 0 Å². The average molecular weight is 650 g/mol. The van der Waals surface area contributed by atoms with Gasteiger partial charge < -0.3 is 4.90 Å². The Hall–Kier alpha value is -6.70. The van der Waals surface area contributed by atoms with Gasteiger partial charge in [-0.05, 0) is 79.4 Å². The van der Waals surface area contributed by atoms with Crippen LogP contribution in [0.4, 0.5) is 17.1 Å². The van der Waals surface area contributed by atoms with Crippen molar-refractivity contribution in [2.24, 2.45) is 0 Å². The van der Waals surface area contributed by atoms with Crippen LogP contribution < -0.4 is 4.90 Å². The molecule has 0 fully saturated rings. The van der Waals surface area contributed by atoms with Crippen LogP contribution in [0.1, 0.15) is 0 Å². The van der Waals surface area contributed by atoms with Crippen molar-refractivity contribution in [3.8, 4) is 44.5 Å². The van der Waals surface area contributed by atoms with Crippen molar-refractivity contribution in [3.63, 3.8) is 0 Å². The van der Waals surface area contributed by atoms with Crippen molar-refractivity contribution < 1.29 is 0 Å². The first-order chi connectivity index (χ1) is 25.3. The number of benzene rings is 9. The van der Waals surface area contributed by atoms with Gasteiger partial charge in [-0.1, -0.05) is 188 Å². The smallest absolute Gasteiger partial charge is 0.0540 e. The van der Waals surface area contributed by atoms with Gasteiger partial charge >= 0.3 is 0 Å². The van der Waals surface area contributed by atoms with Crippen LogP contribution in [0.2, 0.25) is 0 Å². The summed E-state index contributed by atoms with van der Waals surface area (Å²) in [6.07, 6.45) is 0. The summed E-state index contributed by atoms with van der Waals surface area (Å²) in [7, 11) is 0. The summed E-state index contributed by atoms with van der Waals surface area (Å²) in [5.74, 6) is 0. The molecule has 0 amide bonds. The van der Waals surface area contributed by atoms with Crippen LogP contribution in [0.5, 0.6) is 0 Å². The van der Waals surface area contributed by atoms with E-state index >= 15 is 0 Å². The molecule has 240 valence electrons. The van der Waals surface area contributed by atoms with Crippen molar-refractivity contribution >= 4 is 38.6 Å². The summed E-state index contributed by atoms with van der Waals surface area (Å²) in [6, 6.07) is 76.6. The molecule has 9 aromatic rings. The van der Waals surface area contributed by atoms with Gasteiger partial charge in [0, 0.05) is 16.6 Å². The number of hydrogen-bond acceptors (Lipinski definition) is 1. The van der Waals surface area contributed by atoms with E-state index in [9.17, 15) is 0 Å². The first kappa shape index (κ1) is 30.4. The predicted octanol–water partition coefficient (Wildman–Crippen LogP) is 14.1. The van der Waals surface area contributed by atoms with Gasteiger partial charge in [-0.15, -0.1) is 0 Å². The molecule has 0 heterocycles. The number of fused-ring (bicyclic) bond motifs is 2. The van der Waals surface area contributed by atoms with E-state index in [1.165, 1.54) is 66.1 Å². The van der Waals surface area contributed by atoms with Crippen LogP contribution in [0.25, 0.3) is 66.1 Å². The maximum absolute atomic E-state index is 2.43. The lowest BCUT2D eigenvalue weighted by molar-refractivity contribution is 1.30. The number of nitrogens with zero attached hydrogens (tertiary/aromatic N) is 1. The molecule has 1 heteroatoms. The van der Waals surface area contributed by atoms with Crippen molar-refractivity contribution in [1.82, 2.24) is 0 Å². The third kappa shape index (κ3) is 5.65. The summed E-state index contributed by atoms with van der Waals surface area (Å²) < 4.78 is 0. The number of para-hydroxylation sites is 1. The second-order valence-electron chi connectivity index (χ2n) is 12.9. The third-order valence-electron chi connectivity index (χ3n) is 9.90. The van der Waals surface area contributed by atoms with Crippen LogP contribution in [-0.2, 0) is 0 Å². The monoisotopic (exact) mass is 649 g/mol. The highest BCUT2D eigenvalue weighted by Gasteiger charge is 2.21. The second kappa shape index (κ2) is 13.3. The third-order valence-corrected chi connectivity index (χ3v) is 9.90. The molecule has 9 aromatic carbocycles. The lowest BCUT2D eigenvalue weighted by atomic mass is 9.88. The number of anilines is 3. The molecule has 0 N–H and O–H groups in total. The van der Waals surface area contributed by atoms with Crippen LogP contribution in [-0.4, -0.2) is 0 Å². The summed E-state index contributed by atoms with van der Waals surface area (Å²) in [4.78, 5) is 2.43. The lowest BCUT2D eigenvalue weighted by Gasteiger charge is -2.29. The highest BCUT2D eigenvalue weighted by atomic mass is 15.1. The van der Waals surface area contributed by atoms with Gasteiger partial charge in [0.25, 0.3) is 0 Å². The zero-order chi connectivity index (χ0) is 34.0. The maximum atomic E-state index is 2.43. The SMILES string of the molecule is c1ccc(-c2ccccc2-c2ccccc2-c2ccccc2N(c2ccc(-c3cccc4ccccc34)cc2)c2cccc3ccccc23)cc1. The largest absolute Gasteiger partial charge is 0.309 e. The predicted molar refractivity (Wildman–Crippen MR) is 218 cm³/mol. The normalized spacial score (nSPS) is 11.1. The van der Waals surface area contributed by atoms with Crippen LogP contribution in [0.3, 0.4) is 0 Å². The maximum Gasteiger partial charge on any atom is 0.0540 e. The molecule has 51 heavy (non-hydrogen) atoms. The van der Waals surface area contributed by atoms with Crippen LogP contribution in [0.15, 0.2) is 212 Å². The van der Waals surface area contributed by atoms with Crippen LogP contribution >= 0.6 is 0 Å². The van der Waals surface area contributed by atoms with Crippen molar-refractivity contribution in [2.75, 3.05) is 4.90 Å². The highest BCUT2D eigenvalue weighted by molar-refractivity contribution is 6.03. The van der Waals surface area contributed by atoms with Gasteiger partial charge in [-0.3, -0.25) is 0 Å². The fraction of sp³-hybridized carbons (Fsp3) is 0. The first-order valence-corrected chi connectivity index (χ1v) is 17.5. The lowest BCUT2D eigenvalue weighted by Crippen LogP contribution is -2.12. The topological polar surface area (TPSA) is 3.24 Å². The molecule has 0 radical (unpaired) electrons. The Bertz CT molecular complexity index is 2630. The number of hydrogen-bond donors (Lipinski definition) is 0. The minimum Gasteiger partial charge on any atom is -0.309 e. The van der Waals surface area contributed by atoms with Crippen molar-refractivity contribution in [1.29, 1.82) is 0 Å². The molecule has 0 aliphatic heterocycles. The average Bonchev–Trinajstić information content (AvgIpc) is 3.22. The summed E-state index contributed by atoms with van der Waals surface area (Å²) in [5, 5.41) is 4.92. The Morgan fingerprint density at radius 3 is 1.39 bits per heavy atom. The Kier molecular flexibility index (Phi) is 7.92. The van der Waals surface area contributed by atoms with Gasteiger partial charge in [0.15, 0.2) is 0 Å². The Morgan fingerprint density at radius 2 is 0.667 bits per heavy atom. The molecule has 0 atom stereocenters. The zero-order valence-electron chi connectivity index (χ0n) is 28.2. The molecule has 0 aromatic heterocycles. The molecule has 0 unspecified atom stereocenters. The zero-order valence-corrected chi connectivity index (χ0v) is 28.2. The van der Waals surface area contributed by atoms with E-state index in [-0.39, 0.29) is 0 Å². The van der Waals surface area contributed by atoms with E-state index in [0.717, 1.165) is 17.1 Å². The standard InChI is InChI=1S/C50H35N/c1-2-16-36(17-3-1)43-23-8-9-25-45(43)46-26-10-11-27-47(46)48-28-12-13-30-50(48)51(49-31-15-21-38-19-5-7-24-44(38)49)40-34-32-39(33-35-40)42-29-14-20-37-18-4-6-22-41(37)42/h1-35H. The van der Waals surface area contributed by atoms with E-state index in [1.807, 2.05) is 0 Å². The van der Waals surface area contributed by atoms with E-state index < -0.39 is 0 Å². The molecular formula is C50H35N. The molecule has 0 saturated carbocycles. The molecule has 1 nitrogen and oxygen atoms in total. The van der Waals surface area contributed by atoms with Gasteiger partial charge in [-0.2, -0.15) is 0 Å². The van der Waals surface area contributed by atoms with E-state index in [1.54, 1.807) is 0 Å². The minimum atomic E-state index is 1.10. The molecule has 0 aliphatic rings. The first-order valence-electron chi connectivity index (χ1n) is 17.5. The molecule has 0 spiro atoms. The summed E-state index contributed by atoms with van der Waals surface area (Å²) in [6.45, 7) is 0. The van der Waals surface area contributed by atoms with Crippen molar-refractivity contribution in [3.05, 3.63) is 212 Å². The van der Waals surface area contributed by atoms with Gasteiger partial charge in [0.1, 0.15) is 0 Å². The molecule has 9 rings (SSSR count). The summed E-state index contributed by atoms with van der Waals surface area (Å²) >= 11 is 0. The quantitative estimate of drug-likeness (QED) is 0.166. The van der Waals surface area contributed by atoms with Gasteiger partial charge in [0.2, 0.25) is 0 Å². The summed E-state index contributed by atoms with van der Waals surface area (Å²) in [5.41, 5.74) is 13.0. The molecule has 0 aliphatic carbocycles. The Labute approximate surface area is 299 Å². The van der Waals surface area contributed by atoms with E-state index in [2.05, 4.69) is 217 Å². The van der Waals surface area contributed by atoms with Crippen LogP contribution in [0, 0.1) is 0 Å². The number of rotatable bonds is 7. The fourth-order valence-corrected chi connectivity index (χ4v) is 7.52. The van der Waals surface area contributed by atoms with Crippen molar-refractivity contribution in [2.45, 2.75) is 0 Å².